The summed E-state index contributed by atoms with van der Waals surface area (Å²) in [7, 11) is 0. The van der Waals surface area contributed by atoms with Crippen molar-refractivity contribution in [2.75, 3.05) is 6.61 Å². The van der Waals surface area contributed by atoms with Gasteiger partial charge < -0.3 is 5.11 Å². The standard InChI is InChI=1S/C10H18O/c1-8-3-4-9(2)10(7-8)5-6-11/h3,9-11H,4-7H2,1-2H3. The first-order valence-electron chi connectivity index (χ1n) is 4.50. The number of hydrogen-bond donors (Lipinski definition) is 1. The first-order chi connectivity index (χ1) is 5.24. The molecular weight excluding hydrogens is 136 g/mol. The minimum Gasteiger partial charge on any atom is -0.396 e. The van der Waals surface area contributed by atoms with Crippen LogP contribution in [0.15, 0.2) is 11.6 Å². The molecule has 1 heteroatoms. The molecule has 0 amide bonds. The molecule has 0 aromatic heterocycles. The number of rotatable bonds is 2. The van der Waals surface area contributed by atoms with Gasteiger partial charge in [-0.15, -0.1) is 0 Å². The van der Waals surface area contributed by atoms with Crippen molar-refractivity contribution in [3.63, 3.8) is 0 Å². The molecule has 1 nitrogen and oxygen atoms in total. The van der Waals surface area contributed by atoms with Crippen LogP contribution < -0.4 is 0 Å². The summed E-state index contributed by atoms with van der Waals surface area (Å²) in [4.78, 5) is 0. The van der Waals surface area contributed by atoms with Gasteiger partial charge in [0.05, 0.1) is 0 Å². The Balaban J connectivity index is 2.46. The summed E-state index contributed by atoms with van der Waals surface area (Å²) in [5.41, 5.74) is 1.50. The van der Waals surface area contributed by atoms with Crippen LogP contribution in [0, 0.1) is 11.8 Å². The highest BCUT2D eigenvalue weighted by atomic mass is 16.3. The van der Waals surface area contributed by atoms with Crippen LogP contribution in [0.1, 0.15) is 33.1 Å². The fourth-order valence-corrected chi connectivity index (χ4v) is 1.83. The van der Waals surface area contributed by atoms with E-state index in [-0.39, 0.29) is 0 Å². The fourth-order valence-electron chi connectivity index (χ4n) is 1.83. The van der Waals surface area contributed by atoms with Crippen LogP contribution >= 0.6 is 0 Å². The van der Waals surface area contributed by atoms with Crippen LogP contribution in [0.2, 0.25) is 0 Å². The van der Waals surface area contributed by atoms with Gasteiger partial charge in [-0.25, -0.2) is 0 Å². The maximum atomic E-state index is 8.80. The molecule has 0 spiro atoms. The third kappa shape index (κ3) is 2.33. The number of allylic oxidation sites excluding steroid dienone is 2. The van der Waals surface area contributed by atoms with Crippen molar-refractivity contribution in [1.29, 1.82) is 0 Å². The summed E-state index contributed by atoms with van der Waals surface area (Å²) in [5, 5.41) is 8.80. The number of hydrogen-bond acceptors (Lipinski definition) is 1. The van der Waals surface area contributed by atoms with Gasteiger partial charge in [0.2, 0.25) is 0 Å². The van der Waals surface area contributed by atoms with E-state index in [2.05, 4.69) is 19.9 Å². The molecule has 1 N–H and O–H groups in total. The molecule has 2 atom stereocenters. The average Bonchev–Trinajstić information content (AvgIpc) is 1.98. The summed E-state index contributed by atoms with van der Waals surface area (Å²) in [6, 6.07) is 0. The molecule has 0 bridgehead atoms. The molecule has 1 rings (SSSR count). The van der Waals surface area contributed by atoms with E-state index in [4.69, 9.17) is 5.11 Å². The number of aliphatic hydroxyl groups excluding tert-OH is 1. The highest BCUT2D eigenvalue weighted by Gasteiger charge is 2.19. The highest BCUT2D eigenvalue weighted by Crippen LogP contribution is 2.30. The summed E-state index contributed by atoms with van der Waals surface area (Å²) in [5.74, 6) is 1.50. The van der Waals surface area contributed by atoms with E-state index in [0.29, 0.717) is 6.61 Å². The van der Waals surface area contributed by atoms with Gasteiger partial charge in [0.15, 0.2) is 0 Å². The number of aliphatic hydroxyl groups is 1. The van der Waals surface area contributed by atoms with Gasteiger partial charge in [0, 0.05) is 6.61 Å². The zero-order chi connectivity index (χ0) is 8.27. The molecule has 0 heterocycles. The Morgan fingerprint density at radius 1 is 1.64 bits per heavy atom. The van der Waals surface area contributed by atoms with Crippen molar-refractivity contribution < 1.29 is 5.11 Å². The average molecular weight is 154 g/mol. The van der Waals surface area contributed by atoms with E-state index < -0.39 is 0 Å². The second kappa shape index (κ2) is 3.91. The first-order valence-corrected chi connectivity index (χ1v) is 4.50. The molecule has 0 aliphatic heterocycles. The lowest BCUT2D eigenvalue weighted by Crippen LogP contribution is -2.16. The lowest BCUT2D eigenvalue weighted by atomic mass is 9.79. The molecule has 11 heavy (non-hydrogen) atoms. The Morgan fingerprint density at radius 3 is 3.00 bits per heavy atom. The molecule has 0 radical (unpaired) electrons. The lowest BCUT2D eigenvalue weighted by Gasteiger charge is -2.27. The van der Waals surface area contributed by atoms with Crippen LogP contribution in [-0.2, 0) is 0 Å². The molecule has 0 aromatic carbocycles. The monoisotopic (exact) mass is 154 g/mol. The maximum absolute atomic E-state index is 8.80. The van der Waals surface area contributed by atoms with E-state index in [1.807, 2.05) is 0 Å². The third-order valence-electron chi connectivity index (χ3n) is 2.73. The van der Waals surface area contributed by atoms with Gasteiger partial charge in [-0.2, -0.15) is 0 Å². The van der Waals surface area contributed by atoms with Crippen molar-refractivity contribution in [3.8, 4) is 0 Å². The van der Waals surface area contributed by atoms with E-state index in [0.717, 1.165) is 18.3 Å². The van der Waals surface area contributed by atoms with Gasteiger partial charge in [0.1, 0.15) is 0 Å². The van der Waals surface area contributed by atoms with Crippen LogP contribution in [-0.4, -0.2) is 11.7 Å². The van der Waals surface area contributed by atoms with Gasteiger partial charge in [0.25, 0.3) is 0 Å². The van der Waals surface area contributed by atoms with Crippen molar-refractivity contribution in [2.24, 2.45) is 11.8 Å². The molecular formula is C10H18O. The van der Waals surface area contributed by atoms with E-state index >= 15 is 0 Å². The Bertz CT molecular complexity index is 149. The summed E-state index contributed by atoms with van der Waals surface area (Å²) < 4.78 is 0. The zero-order valence-corrected chi connectivity index (χ0v) is 7.51. The maximum Gasteiger partial charge on any atom is 0.0433 e. The molecule has 0 fully saturated rings. The lowest BCUT2D eigenvalue weighted by molar-refractivity contribution is 0.219. The normalized spacial score (nSPS) is 31.7. The van der Waals surface area contributed by atoms with Crippen molar-refractivity contribution in [2.45, 2.75) is 33.1 Å². The predicted octanol–water partition coefficient (Wildman–Crippen LogP) is 2.36. The molecule has 0 saturated carbocycles. The van der Waals surface area contributed by atoms with Crippen LogP contribution in [0.25, 0.3) is 0 Å². The van der Waals surface area contributed by atoms with Gasteiger partial charge >= 0.3 is 0 Å². The van der Waals surface area contributed by atoms with E-state index in [9.17, 15) is 0 Å². The Morgan fingerprint density at radius 2 is 2.36 bits per heavy atom. The topological polar surface area (TPSA) is 20.2 Å². The predicted molar refractivity (Wildman–Crippen MR) is 47.3 cm³/mol. The first kappa shape index (κ1) is 8.79. The van der Waals surface area contributed by atoms with Gasteiger partial charge in [-0.1, -0.05) is 18.6 Å². The summed E-state index contributed by atoms with van der Waals surface area (Å²) in [6.45, 7) is 4.82. The molecule has 0 saturated heterocycles. The van der Waals surface area contributed by atoms with E-state index in [1.165, 1.54) is 18.4 Å². The Labute approximate surface area is 69.1 Å². The highest BCUT2D eigenvalue weighted by molar-refractivity contribution is 5.04. The SMILES string of the molecule is CC1=CCC(C)C(CCO)C1. The van der Waals surface area contributed by atoms with Crippen molar-refractivity contribution in [3.05, 3.63) is 11.6 Å². The van der Waals surface area contributed by atoms with Gasteiger partial charge in [-0.3, -0.25) is 0 Å². The summed E-state index contributed by atoms with van der Waals surface area (Å²) >= 11 is 0. The Hall–Kier alpha value is -0.300. The largest absolute Gasteiger partial charge is 0.396 e. The van der Waals surface area contributed by atoms with Crippen molar-refractivity contribution >= 4 is 0 Å². The minimum absolute atomic E-state index is 0.349. The molecule has 64 valence electrons. The third-order valence-corrected chi connectivity index (χ3v) is 2.73. The quantitative estimate of drug-likeness (QED) is 0.605. The second-order valence-corrected chi connectivity index (χ2v) is 3.74. The summed E-state index contributed by atoms with van der Waals surface area (Å²) in [6.07, 6.45) is 5.71. The van der Waals surface area contributed by atoms with E-state index in [1.54, 1.807) is 0 Å². The molecule has 1 aliphatic rings. The van der Waals surface area contributed by atoms with Crippen molar-refractivity contribution in [1.82, 2.24) is 0 Å². The van der Waals surface area contributed by atoms with Crippen LogP contribution in [0.4, 0.5) is 0 Å². The molecule has 2 unspecified atom stereocenters. The molecule has 1 aliphatic carbocycles. The zero-order valence-electron chi connectivity index (χ0n) is 7.51. The fraction of sp³-hybridized carbons (Fsp3) is 0.800. The molecule has 0 aromatic rings. The minimum atomic E-state index is 0.349. The van der Waals surface area contributed by atoms with Gasteiger partial charge in [-0.05, 0) is 38.0 Å². The van der Waals surface area contributed by atoms with Crippen LogP contribution in [0.3, 0.4) is 0 Å². The van der Waals surface area contributed by atoms with Crippen LogP contribution in [0.5, 0.6) is 0 Å². The Kier molecular flexibility index (Phi) is 3.13. The smallest absolute Gasteiger partial charge is 0.0433 e. The second-order valence-electron chi connectivity index (χ2n) is 3.74.